The summed E-state index contributed by atoms with van der Waals surface area (Å²) < 4.78 is 6.34. The summed E-state index contributed by atoms with van der Waals surface area (Å²) in [7, 11) is 1.45. The summed E-state index contributed by atoms with van der Waals surface area (Å²) in [5, 5.41) is 2.71. The van der Waals surface area contributed by atoms with Crippen molar-refractivity contribution < 1.29 is 9.53 Å². The van der Waals surface area contributed by atoms with Crippen molar-refractivity contribution in [3.05, 3.63) is 45.9 Å². The number of hydrogen-bond donors (Lipinski definition) is 1. The molecular formula is C14H17N5O3. The van der Waals surface area contributed by atoms with Crippen molar-refractivity contribution in [2.75, 3.05) is 13.7 Å². The molecule has 2 rings (SSSR count). The van der Waals surface area contributed by atoms with Crippen LogP contribution in [-0.4, -0.2) is 39.1 Å². The molecule has 0 saturated carbocycles. The van der Waals surface area contributed by atoms with Crippen molar-refractivity contribution in [1.82, 2.24) is 24.8 Å². The molecule has 0 aromatic carbocycles. The van der Waals surface area contributed by atoms with Gasteiger partial charge in [-0.2, -0.15) is 4.98 Å². The highest BCUT2D eigenvalue weighted by Gasteiger charge is 2.08. The molecule has 0 aliphatic rings. The van der Waals surface area contributed by atoms with E-state index in [-0.39, 0.29) is 17.6 Å². The number of aromatic nitrogens is 4. The van der Waals surface area contributed by atoms with Crippen LogP contribution in [0.25, 0.3) is 0 Å². The van der Waals surface area contributed by atoms with E-state index in [2.05, 4.69) is 20.3 Å². The van der Waals surface area contributed by atoms with Crippen LogP contribution < -0.4 is 15.7 Å². The Kier molecular flexibility index (Phi) is 4.82. The molecule has 2 heterocycles. The fraction of sp³-hybridized carbons (Fsp3) is 0.357. The predicted octanol–water partition coefficient (Wildman–Crippen LogP) is 0.0887. The van der Waals surface area contributed by atoms with Crippen LogP contribution in [0.5, 0.6) is 6.01 Å². The number of aryl methyl sites for hydroxylation is 2. The Morgan fingerprint density at radius 2 is 2.00 bits per heavy atom. The Balaban J connectivity index is 1.96. The molecule has 0 spiro atoms. The summed E-state index contributed by atoms with van der Waals surface area (Å²) >= 11 is 0. The maximum atomic E-state index is 11.9. The number of hydrogen-bond acceptors (Lipinski definition) is 6. The summed E-state index contributed by atoms with van der Waals surface area (Å²) in [4.78, 5) is 35.3. The molecule has 1 amide bonds. The zero-order valence-electron chi connectivity index (χ0n) is 12.7. The molecule has 2 aromatic heterocycles. The number of ether oxygens (including phenoxy) is 1. The smallest absolute Gasteiger partial charge is 0.348 e. The van der Waals surface area contributed by atoms with Crippen LogP contribution in [0, 0.1) is 13.8 Å². The second kappa shape index (κ2) is 6.79. The van der Waals surface area contributed by atoms with Gasteiger partial charge in [-0.25, -0.2) is 14.8 Å². The highest BCUT2D eigenvalue weighted by Crippen LogP contribution is 2.01. The van der Waals surface area contributed by atoms with E-state index in [0.717, 1.165) is 5.69 Å². The highest BCUT2D eigenvalue weighted by molar-refractivity contribution is 5.93. The Morgan fingerprint density at radius 3 is 2.59 bits per heavy atom. The molecule has 0 unspecified atom stereocenters. The van der Waals surface area contributed by atoms with Gasteiger partial charge < -0.3 is 10.1 Å². The summed E-state index contributed by atoms with van der Waals surface area (Å²) in [6.45, 7) is 4.25. The van der Waals surface area contributed by atoms with Crippen LogP contribution in [-0.2, 0) is 6.54 Å². The van der Waals surface area contributed by atoms with Gasteiger partial charge in [-0.3, -0.25) is 9.36 Å². The van der Waals surface area contributed by atoms with Gasteiger partial charge in [0.05, 0.1) is 12.7 Å². The van der Waals surface area contributed by atoms with Crippen LogP contribution in [0.1, 0.15) is 21.7 Å². The lowest BCUT2D eigenvalue weighted by Crippen LogP contribution is -2.33. The maximum Gasteiger partial charge on any atom is 0.348 e. The lowest BCUT2D eigenvalue weighted by Gasteiger charge is -2.10. The molecule has 0 saturated heterocycles. The molecular weight excluding hydrogens is 286 g/mol. The van der Waals surface area contributed by atoms with Crippen molar-refractivity contribution in [3.63, 3.8) is 0 Å². The molecule has 0 bridgehead atoms. The lowest BCUT2D eigenvalue weighted by molar-refractivity contribution is 0.0951. The molecule has 8 heteroatoms. The van der Waals surface area contributed by atoms with Gasteiger partial charge in [0, 0.05) is 36.9 Å². The molecule has 0 aliphatic carbocycles. The summed E-state index contributed by atoms with van der Waals surface area (Å²) in [5.41, 5.74) is 1.49. The normalized spacial score (nSPS) is 10.3. The minimum Gasteiger partial charge on any atom is -0.467 e. The number of methoxy groups -OCH3 is 1. The lowest BCUT2D eigenvalue weighted by atomic mass is 10.3. The highest BCUT2D eigenvalue weighted by atomic mass is 16.5. The number of carbonyl (C=O) groups is 1. The van der Waals surface area contributed by atoms with Crippen LogP contribution in [0.15, 0.2) is 23.3 Å². The monoisotopic (exact) mass is 303 g/mol. The fourth-order valence-electron chi connectivity index (χ4n) is 1.97. The minimum absolute atomic E-state index is 0.199. The Labute approximate surface area is 127 Å². The Bertz CT molecular complexity index is 724. The largest absolute Gasteiger partial charge is 0.467 e. The molecule has 0 aliphatic heterocycles. The number of nitrogens with zero attached hydrogens (tertiary/aromatic N) is 4. The van der Waals surface area contributed by atoms with Gasteiger partial charge in [0.15, 0.2) is 0 Å². The zero-order valence-corrected chi connectivity index (χ0v) is 12.7. The van der Waals surface area contributed by atoms with Gasteiger partial charge in [-0.15, -0.1) is 0 Å². The summed E-state index contributed by atoms with van der Waals surface area (Å²) in [5.74, 6) is -0.312. The molecule has 0 radical (unpaired) electrons. The Morgan fingerprint density at radius 1 is 1.32 bits per heavy atom. The maximum absolute atomic E-state index is 11.9. The van der Waals surface area contributed by atoms with E-state index in [1.165, 1.54) is 24.1 Å². The third kappa shape index (κ3) is 3.66. The van der Waals surface area contributed by atoms with Crippen LogP contribution >= 0.6 is 0 Å². The average molecular weight is 303 g/mol. The number of amides is 1. The van der Waals surface area contributed by atoms with Crippen LogP contribution in [0.4, 0.5) is 0 Å². The fourth-order valence-corrected chi connectivity index (χ4v) is 1.97. The van der Waals surface area contributed by atoms with Crippen molar-refractivity contribution >= 4 is 5.91 Å². The minimum atomic E-state index is -0.320. The van der Waals surface area contributed by atoms with Crippen molar-refractivity contribution in [3.8, 4) is 6.01 Å². The van der Waals surface area contributed by atoms with Crippen LogP contribution in [0.2, 0.25) is 0 Å². The topological polar surface area (TPSA) is 99.0 Å². The van der Waals surface area contributed by atoms with E-state index in [9.17, 15) is 9.59 Å². The number of nitrogens with one attached hydrogen (secondary N) is 1. The van der Waals surface area contributed by atoms with Gasteiger partial charge >= 0.3 is 11.7 Å². The molecule has 0 fully saturated rings. The number of rotatable bonds is 5. The second-order valence-electron chi connectivity index (χ2n) is 4.69. The van der Waals surface area contributed by atoms with Crippen molar-refractivity contribution in [2.24, 2.45) is 0 Å². The molecule has 1 N–H and O–H groups in total. The van der Waals surface area contributed by atoms with Gasteiger partial charge in [-0.1, -0.05) is 0 Å². The zero-order chi connectivity index (χ0) is 16.1. The summed E-state index contributed by atoms with van der Waals surface area (Å²) in [6.07, 6.45) is 2.76. The number of carbonyl (C=O) groups excluding carboxylic acids is 1. The third-order valence-corrected chi connectivity index (χ3v) is 3.04. The van der Waals surface area contributed by atoms with E-state index in [1.54, 1.807) is 6.92 Å². The molecule has 116 valence electrons. The first-order valence-corrected chi connectivity index (χ1v) is 6.70. The first-order valence-electron chi connectivity index (χ1n) is 6.70. The van der Waals surface area contributed by atoms with E-state index in [4.69, 9.17) is 4.74 Å². The summed E-state index contributed by atoms with van der Waals surface area (Å²) in [6, 6.07) is 2.02. The van der Waals surface area contributed by atoms with Crippen LogP contribution in [0.3, 0.4) is 0 Å². The van der Waals surface area contributed by atoms with E-state index < -0.39 is 0 Å². The average Bonchev–Trinajstić information content (AvgIpc) is 2.49. The van der Waals surface area contributed by atoms with E-state index in [0.29, 0.717) is 24.3 Å². The molecule has 8 nitrogen and oxygen atoms in total. The molecule has 2 aromatic rings. The molecule has 0 atom stereocenters. The second-order valence-corrected chi connectivity index (χ2v) is 4.69. The van der Waals surface area contributed by atoms with E-state index >= 15 is 0 Å². The van der Waals surface area contributed by atoms with E-state index in [1.807, 2.05) is 13.0 Å². The molecule has 22 heavy (non-hydrogen) atoms. The first kappa shape index (κ1) is 15.6. The third-order valence-electron chi connectivity index (χ3n) is 3.04. The van der Waals surface area contributed by atoms with Gasteiger partial charge in [0.1, 0.15) is 0 Å². The van der Waals surface area contributed by atoms with Crippen molar-refractivity contribution in [1.29, 1.82) is 0 Å². The van der Waals surface area contributed by atoms with Gasteiger partial charge in [0.2, 0.25) is 0 Å². The Hall–Kier alpha value is -2.77. The standard InChI is InChI=1S/C14H17N5O3/c1-9-6-10(2)19(14(21)18-9)5-4-15-12(20)11-7-16-13(22-3)17-8-11/h6-8H,4-5H2,1-3H3,(H,15,20). The SMILES string of the molecule is COc1ncc(C(=O)NCCn2c(C)cc(C)nc2=O)cn1. The van der Waals surface area contributed by atoms with Gasteiger partial charge in [-0.05, 0) is 19.9 Å². The van der Waals surface area contributed by atoms with Gasteiger partial charge in [0.25, 0.3) is 5.91 Å². The van der Waals surface area contributed by atoms with Crippen molar-refractivity contribution in [2.45, 2.75) is 20.4 Å². The first-order chi connectivity index (χ1) is 10.5. The predicted molar refractivity (Wildman–Crippen MR) is 78.9 cm³/mol. The quantitative estimate of drug-likeness (QED) is 0.840.